The van der Waals surface area contributed by atoms with Crippen molar-refractivity contribution in [1.29, 1.82) is 0 Å². The van der Waals surface area contributed by atoms with E-state index in [2.05, 4.69) is 40.0 Å². The van der Waals surface area contributed by atoms with Gasteiger partial charge in [0.05, 0.1) is 11.9 Å². The van der Waals surface area contributed by atoms with Crippen molar-refractivity contribution in [2.24, 2.45) is 0 Å². The van der Waals surface area contributed by atoms with Gasteiger partial charge in [0.15, 0.2) is 5.82 Å². The summed E-state index contributed by atoms with van der Waals surface area (Å²) in [7, 11) is 0. The highest BCUT2D eigenvalue weighted by Crippen LogP contribution is 2.47. The van der Waals surface area contributed by atoms with Crippen molar-refractivity contribution >= 4 is 17.5 Å². The molecular formula is C19H19N5O. The number of nitrogens with one attached hydrogen (secondary N) is 2. The summed E-state index contributed by atoms with van der Waals surface area (Å²) in [6.07, 6.45) is 4.14. The summed E-state index contributed by atoms with van der Waals surface area (Å²) in [5, 5.41) is 13.5. The van der Waals surface area contributed by atoms with Crippen LogP contribution < -0.4 is 10.6 Å². The van der Waals surface area contributed by atoms with E-state index in [4.69, 9.17) is 0 Å². The van der Waals surface area contributed by atoms with Crippen LogP contribution in [0.3, 0.4) is 0 Å². The Kier molecular flexibility index (Phi) is 3.72. The zero-order valence-corrected chi connectivity index (χ0v) is 13.9. The summed E-state index contributed by atoms with van der Waals surface area (Å²) in [4.78, 5) is 12.1. The molecule has 25 heavy (non-hydrogen) atoms. The van der Waals surface area contributed by atoms with Crippen molar-refractivity contribution in [3.8, 4) is 5.69 Å². The molecule has 1 heterocycles. The van der Waals surface area contributed by atoms with Crippen LogP contribution in [0, 0.1) is 0 Å². The van der Waals surface area contributed by atoms with Gasteiger partial charge in [0.1, 0.15) is 0 Å². The number of hydrogen-bond donors (Lipinski definition) is 2. The van der Waals surface area contributed by atoms with Gasteiger partial charge in [-0.15, -0.1) is 5.10 Å². The van der Waals surface area contributed by atoms with Crippen LogP contribution >= 0.6 is 0 Å². The molecule has 2 aromatic carbocycles. The third-order valence-electron chi connectivity index (χ3n) is 4.60. The molecule has 0 saturated heterocycles. The normalized spacial score (nSPS) is 14.8. The third kappa shape index (κ3) is 3.38. The molecule has 0 atom stereocenters. The fourth-order valence-electron chi connectivity index (χ4n) is 2.74. The first-order valence-electron chi connectivity index (χ1n) is 8.29. The van der Waals surface area contributed by atoms with Gasteiger partial charge in [-0.25, -0.2) is 9.48 Å². The molecular weight excluding hydrogens is 314 g/mol. The lowest BCUT2D eigenvalue weighted by atomic mass is 9.98. The summed E-state index contributed by atoms with van der Waals surface area (Å²) >= 11 is 0. The van der Waals surface area contributed by atoms with Crippen LogP contribution in [0.5, 0.6) is 0 Å². The van der Waals surface area contributed by atoms with Gasteiger partial charge in [0, 0.05) is 5.69 Å². The fraction of sp³-hybridized carbons (Fsp3) is 0.211. The van der Waals surface area contributed by atoms with E-state index in [-0.39, 0.29) is 6.03 Å². The lowest BCUT2D eigenvalue weighted by Gasteiger charge is -2.10. The molecule has 126 valence electrons. The minimum absolute atomic E-state index is 0.330. The highest BCUT2D eigenvalue weighted by Gasteiger charge is 2.38. The van der Waals surface area contributed by atoms with E-state index >= 15 is 0 Å². The molecule has 1 fully saturated rings. The molecule has 1 aliphatic rings. The van der Waals surface area contributed by atoms with Crippen LogP contribution in [-0.2, 0) is 5.41 Å². The fourth-order valence-corrected chi connectivity index (χ4v) is 2.74. The number of benzene rings is 2. The molecule has 6 heteroatoms. The number of hydrogen-bond acceptors (Lipinski definition) is 3. The van der Waals surface area contributed by atoms with Crippen LogP contribution in [0.15, 0.2) is 60.8 Å². The first-order chi connectivity index (χ1) is 12.1. The minimum atomic E-state index is -0.342. The second-order valence-corrected chi connectivity index (χ2v) is 6.60. The maximum atomic E-state index is 12.1. The number of aromatic nitrogens is 3. The zero-order chi connectivity index (χ0) is 17.3. The number of urea groups is 1. The van der Waals surface area contributed by atoms with E-state index in [1.165, 1.54) is 18.4 Å². The SMILES string of the molecule is CC1(c2ccc(NC(=O)Nc3cn(-c4ccccc4)nn3)cc2)CC1. The van der Waals surface area contributed by atoms with Crippen LogP contribution in [0.2, 0.25) is 0 Å². The molecule has 6 nitrogen and oxygen atoms in total. The van der Waals surface area contributed by atoms with Gasteiger partial charge >= 0.3 is 6.03 Å². The Balaban J connectivity index is 1.38. The monoisotopic (exact) mass is 333 g/mol. The van der Waals surface area contributed by atoms with Crippen molar-refractivity contribution in [3.05, 3.63) is 66.4 Å². The zero-order valence-electron chi connectivity index (χ0n) is 13.9. The number of anilines is 2. The van der Waals surface area contributed by atoms with Crippen LogP contribution in [0.1, 0.15) is 25.3 Å². The summed E-state index contributed by atoms with van der Waals surface area (Å²) in [5.41, 5.74) is 3.29. The maximum absolute atomic E-state index is 12.1. The topological polar surface area (TPSA) is 71.8 Å². The van der Waals surface area contributed by atoms with Gasteiger partial charge in [0.2, 0.25) is 0 Å². The Morgan fingerprint density at radius 2 is 1.76 bits per heavy atom. The third-order valence-corrected chi connectivity index (χ3v) is 4.60. The van der Waals surface area contributed by atoms with Gasteiger partial charge in [0.25, 0.3) is 0 Å². The number of carbonyl (C=O) groups is 1. The summed E-state index contributed by atoms with van der Waals surface area (Å²) in [6, 6.07) is 17.3. The quantitative estimate of drug-likeness (QED) is 0.759. The van der Waals surface area contributed by atoms with Gasteiger partial charge < -0.3 is 5.32 Å². The Morgan fingerprint density at radius 3 is 2.44 bits per heavy atom. The molecule has 0 unspecified atom stereocenters. The largest absolute Gasteiger partial charge is 0.324 e. The molecule has 3 aromatic rings. The summed E-state index contributed by atoms with van der Waals surface area (Å²) < 4.78 is 1.61. The molecule has 0 spiro atoms. The van der Waals surface area contributed by atoms with Crippen LogP contribution in [-0.4, -0.2) is 21.0 Å². The van der Waals surface area contributed by atoms with Crippen molar-refractivity contribution in [3.63, 3.8) is 0 Å². The molecule has 0 aliphatic heterocycles. The molecule has 2 amide bonds. The van der Waals surface area contributed by atoms with E-state index in [1.807, 2.05) is 42.5 Å². The van der Waals surface area contributed by atoms with Crippen molar-refractivity contribution in [2.75, 3.05) is 10.6 Å². The minimum Gasteiger partial charge on any atom is -0.308 e. The van der Waals surface area contributed by atoms with Crippen molar-refractivity contribution in [2.45, 2.75) is 25.2 Å². The number of carbonyl (C=O) groups excluding carboxylic acids is 1. The number of nitrogens with zero attached hydrogens (tertiary/aromatic N) is 3. The molecule has 1 saturated carbocycles. The predicted molar refractivity (Wildman–Crippen MR) is 97.0 cm³/mol. The molecule has 0 radical (unpaired) electrons. The molecule has 4 rings (SSSR count). The highest BCUT2D eigenvalue weighted by atomic mass is 16.2. The Hall–Kier alpha value is -3.15. The van der Waals surface area contributed by atoms with E-state index in [1.54, 1.807) is 10.9 Å². The Morgan fingerprint density at radius 1 is 1.04 bits per heavy atom. The Bertz CT molecular complexity index is 882. The van der Waals surface area contributed by atoms with Crippen LogP contribution in [0.25, 0.3) is 5.69 Å². The first-order valence-corrected chi connectivity index (χ1v) is 8.29. The van der Waals surface area contributed by atoms with Crippen molar-refractivity contribution in [1.82, 2.24) is 15.0 Å². The van der Waals surface area contributed by atoms with E-state index in [0.717, 1.165) is 11.4 Å². The van der Waals surface area contributed by atoms with Gasteiger partial charge in [-0.3, -0.25) is 5.32 Å². The summed E-state index contributed by atoms with van der Waals surface area (Å²) in [5.74, 6) is 0.392. The van der Waals surface area contributed by atoms with Gasteiger partial charge in [-0.05, 0) is 48.1 Å². The van der Waals surface area contributed by atoms with E-state index in [9.17, 15) is 4.79 Å². The highest BCUT2D eigenvalue weighted by molar-refractivity contribution is 5.99. The van der Waals surface area contributed by atoms with Crippen LogP contribution in [0.4, 0.5) is 16.3 Å². The first kappa shape index (κ1) is 15.4. The molecule has 1 aliphatic carbocycles. The number of rotatable bonds is 4. The standard InChI is InChI=1S/C19H19N5O/c1-19(11-12-19)14-7-9-15(10-8-14)20-18(25)21-17-13-24(23-22-17)16-5-3-2-4-6-16/h2-10,13H,11-12H2,1H3,(H2,20,21,25). The van der Waals surface area contributed by atoms with Crippen molar-refractivity contribution < 1.29 is 4.79 Å². The van der Waals surface area contributed by atoms with E-state index in [0.29, 0.717) is 11.2 Å². The second kappa shape index (κ2) is 6.05. The number of amides is 2. The molecule has 2 N–H and O–H groups in total. The smallest absolute Gasteiger partial charge is 0.308 e. The maximum Gasteiger partial charge on any atom is 0.324 e. The second-order valence-electron chi connectivity index (χ2n) is 6.60. The Labute approximate surface area is 145 Å². The van der Waals surface area contributed by atoms with E-state index < -0.39 is 0 Å². The summed E-state index contributed by atoms with van der Waals surface area (Å²) in [6.45, 7) is 2.26. The van der Waals surface area contributed by atoms with Gasteiger partial charge in [-0.1, -0.05) is 42.5 Å². The van der Waals surface area contributed by atoms with Gasteiger partial charge in [-0.2, -0.15) is 0 Å². The number of para-hydroxylation sites is 1. The molecule has 0 bridgehead atoms. The molecule has 1 aromatic heterocycles. The lowest BCUT2D eigenvalue weighted by Crippen LogP contribution is -2.19. The predicted octanol–water partition coefficient (Wildman–Crippen LogP) is 3.96. The average molecular weight is 333 g/mol. The lowest BCUT2D eigenvalue weighted by molar-refractivity contribution is 0.262. The average Bonchev–Trinajstić information content (AvgIpc) is 3.21.